The Morgan fingerprint density at radius 1 is 0.894 bits per heavy atom. The molecule has 3 aromatic carbocycles. The lowest BCUT2D eigenvalue weighted by molar-refractivity contribution is -0.128. The van der Waals surface area contributed by atoms with Gasteiger partial charge in [0.15, 0.2) is 28.7 Å². The number of aromatic nitrogens is 1. The van der Waals surface area contributed by atoms with Crippen molar-refractivity contribution in [3.8, 4) is 28.7 Å². The molecule has 2 atom stereocenters. The Kier molecular flexibility index (Phi) is 10.8. The minimum Gasteiger partial charge on any atom is -0.504 e. The van der Waals surface area contributed by atoms with Gasteiger partial charge < -0.3 is 52.2 Å². The molecule has 14 heteroatoms. The molecule has 2 unspecified atom stereocenters. The first-order valence-electron chi connectivity index (χ1n) is 14.3. The Morgan fingerprint density at radius 2 is 1.57 bits per heavy atom. The van der Waals surface area contributed by atoms with E-state index in [1.54, 1.807) is 20.0 Å². The number of nitrogens with two attached hydrogens (primary N) is 1. The van der Waals surface area contributed by atoms with Gasteiger partial charge in [0.2, 0.25) is 11.8 Å². The maximum atomic E-state index is 13.8. The topological polar surface area (TPSA) is 230 Å². The van der Waals surface area contributed by atoms with E-state index in [-0.39, 0.29) is 35.1 Å². The van der Waals surface area contributed by atoms with Gasteiger partial charge in [-0.25, -0.2) is 0 Å². The standard InChI is InChI=1S/C33H34BrN5O8/c1-16(2)29(35)33(47)39-23(9-18-11-27(42)30(44)28(43)12-18)32(46)38-24(13-19-15-37-22-14-20(34)4-5-21(19)22)31(45)36-8-7-17-3-6-25(40)26(41)10-17/h3-12,14-16,24,29,37,40-44H,13,35H2,1-2H3,(H,36,45)(H,38,46)(H,39,47). The number of phenols is 5. The molecule has 4 rings (SSSR count). The fourth-order valence-corrected chi connectivity index (χ4v) is 4.87. The number of phenolic OH excluding ortho intramolecular Hbond substituents is 5. The lowest BCUT2D eigenvalue weighted by Crippen LogP contribution is -2.50. The molecule has 4 aromatic rings. The number of nitrogens with one attached hydrogen (secondary N) is 4. The van der Waals surface area contributed by atoms with Crippen LogP contribution < -0.4 is 21.7 Å². The second-order valence-corrected chi connectivity index (χ2v) is 12.0. The molecule has 0 bridgehead atoms. The number of aromatic amines is 1. The summed E-state index contributed by atoms with van der Waals surface area (Å²) in [4.78, 5) is 43.3. The van der Waals surface area contributed by atoms with Crippen molar-refractivity contribution in [2.45, 2.75) is 32.4 Å². The highest BCUT2D eigenvalue weighted by Crippen LogP contribution is 2.36. The zero-order valence-corrected chi connectivity index (χ0v) is 26.9. The monoisotopic (exact) mass is 707 g/mol. The van der Waals surface area contributed by atoms with Gasteiger partial charge in [0.25, 0.3) is 5.91 Å². The van der Waals surface area contributed by atoms with Crippen molar-refractivity contribution in [2.24, 2.45) is 11.7 Å². The fraction of sp³-hybridized carbons (Fsp3) is 0.182. The molecule has 0 saturated heterocycles. The summed E-state index contributed by atoms with van der Waals surface area (Å²) in [6, 6.07) is 9.57. The van der Waals surface area contributed by atoms with Crippen LogP contribution in [0.3, 0.4) is 0 Å². The minimum absolute atomic E-state index is 0.0144. The summed E-state index contributed by atoms with van der Waals surface area (Å²) >= 11 is 3.43. The van der Waals surface area contributed by atoms with Gasteiger partial charge in [-0.05, 0) is 71.2 Å². The first kappa shape index (κ1) is 34.4. The Bertz CT molecular complexity index is 1860. The highest BCUT2D eigenvalue weighted by molar-refractivity contribution is 9.10. The third-order valence-electron chi connectivity index (χ3n) is 7.20. The second-order valence-electron chi connectivity index (χ2n) is 11.0. The number of halogens is 1. The highest BCUT2D eigenvalue weighted by atomic mass is 79.9. The molecule has 1 heterocycles. The molecular formula is C33H34BrN5O8. The van der Waals surface area contributed by atoms with Crippen molar-refractivity contribution in [2.75, 3.05) is 0 Å². The van der Waals surface area contributed by atoms with Crippen LogP contribution >= 0.6 is 15.9 Å². The van der Waals surface area contributed by atoms with Crippen LogP contribution in [0.1, 0.15) is 30.5 Å². The van der Waals surface area contributed by atoms with Crippen molar-refractivity contribution in [3.05, 3.63) is 87.8 Å². The number of hydrogen-bond donors (Lipinski definition) is 10. The van der Waals surface area contributed by atoms with Crippen LogP contribution in [0.15, 0.2) is 71.1 Å². The molecule has 0 aliphatic rings. The molecule has 3 amide bonds. The summed E-state index contributed by atoms with van der Waals surface area (Å²) in [7, 11) is 0. The molecule has 13 nitrogen and oxygen atoms in total. The van der Waals surface area contributed by atoms with Crippen LogP contribution in [0.2, 0.25) is 0 Å². The number of carbonyl (C=O) groups is 3. The summed E-state index contributed by atoms with van der Waals surface area (Å²) in [6.07, 6.45) is 5.65. The van der Waals surface area contributed by atoms with Gasteiger partial charge in [0.05, 0.1) is 6.04 Å². The Balaban J connectivity index is 1.67. The first-order chi connectivity index (χ1) is 22.2. The van der Waals surface area contributed by atoms with Crippen molar-refractivity contribution >= 4 is 56.7 Å². The Labute approximate surface area is 277 Å². The minimum atomic E-state index is -1.20. The number of carbonyl (C=O) groups excluding carboxylic acids is 3. The Morgan fingerprint density at radius 3 is 2.23 bits per heavy atom. The van der Waals surface area contributed by atoms with Crippen molar-refractivity contribution in [3.63, 3.8) is 0 Å². The van der Waals surface area contributed by atoms with Crippen molar-refractivity contribution in [1.29, 1.82) is 0 Å². The van der Waals surface area contributed by atoms with Gasteiger partial charge in [0.1, 0.15) is 11.7 Å². The predicted molar refractivity (Wildman–Crippen MR) is 179 cm³/mol. The summed E-state index contributed by atoms with van der Waals surface area (Å²) in [6.45, 7) is 3.44. The fourth-order valence-electron chi connectivity index (χ4n) is 4.51. The van der Waals surface area contributed by atoms with E-state index in [2.05, 4.69) is 36.9 Å². The molecule has 0 saturated carbocycles. The molecule has 11 N–H and O–H groups in total. The van der Waals surface area contributed by atoms with E-state index < -0.39 is 47.1 Å². The van der Waals surface area contributed by atoms with Crippen LogP contribution in [0.4, 0.5) is 0 Å². The average molecular weight is 709 g/mol. The van der Waals surface area contributed by atoms with E-state index in [9.17, 15) is 39.9 Å². The van der Waals surface area contributed by atoms with Crippen molar-refractivity contribution < 1.29 is 39.9 Å². The molecule has 0 fully saturated rings. The molecule has 0 radical (unpaired) electrons. The maximum absolute atomic E-state index is 13.8. The third-order valence-corrected chi connectivity index (χ3v) is 7.70. The van der Waals surface area contributed by atoms with E-state index in [4.69, 9.17) is 5.73 Å². The van der Waals surface area contributed by atoms with Crippen LogP contribution in [0.25, 0.3) is 23.1 Å². The van der Waals surface area contributed by atoms with E-state index in [1.807, 2.05) is 18.2 Å². The average Bonchev–Trinajstić information content (AvgIpc) is 3.41. The van der Waals surface area contributed by atoms with Gasteiger partial charge in [-0.3, -0.25) is 14.4 Å². The summed E-state index contributed by atoms with van der Waals surface area (Å²) in [5, 5.41) is 57.6. The number of hydrogen-bond acceptors (Lipinski definition) is 9. The smallest absolute Gasteiger partial charge is 0.268 e. The van der Waals surface area contributed by atoms with Gasteiger partial charge in [-0.15, -0.1) is 0 Å². The number of aromatic hydroxyl groups is 5. The normalized spacial score (nSPS) is 13.1. The number of amides is 3. The number of H-pyrrole nitrogens is 1. The molecule has 0 spiro atoms. The quantitative estimate of drug-likeness (QED) is 0.0812. The molecule has 0 aliphatic heterocycles. The van der Waals surface area contributed by atoms with E-state index >= 15 is 0 Å². The first-order valence-corrected chi connectivity index (χ1v) is 15.1. The summed E-state index contributed by atoms with van der Waals surface area (Å²) in [5.41, 5.74) is 7.65. The van der Waals surface area contributed by atoms with Gasteiger partial charge in [0, 0.05) is 34.2 Å². The van der Waals surface area contributed by atoms with Gasteiger partial charge in [-0.2, -0.15) is 0 Å². The zero-order valence-electron chi connectivity index (χ0n) is 25.3. The maximum Gasteiger partial charge on any atom is 0.268 e. The van der Waals surface area contributed by atoms with E-state index in [1.165, 1.54) is 30.5 Å². The van der Waals surface area contributed by atoms with Gasteiger partial charge in [-0.1, -0.05) is 41.9 Å². The van der Waals surface area contributed by atoms with Crippen molar-refractivity contribution in [1.82, 2.24) is 20.9 Å². The lowest BCUT2D eigenvalue weighted by Gasteiger charge is -2.21. The number of benzene rings is 3. The van der Waals surface area contributed by atoms with Crippen LogP contribution in [-0.4, -0.2) is 60.3 Å². The third kappa shape index (κ3) is 8.62. The largest absolute Gasteiger partial charge is 0.504 e. The van der Waals surface area contributed by atoms with Crippen LogP contribution in [-0.2, 0) is 20.8 Å². The Hall–Kier alpha value is -5.47. The van der Waals surface area contributed by atoms with Crippen LogP contribution in [0.5, 0.6) is 28.7 Å². The second kappa shape index (κ2) is 14.7. The molecule has 1 aromatic heterocycles. The SMILES string of the molecule is CC(C)C(N)C(=O)NC(=Cc1cc(O)c(O)c(O)c1)C(=O)NC(Cc1c[nH]c2cc(Br)ccc12)C(=O)NC=Cc1ccc(O)c(O)c1. The zero-order chi connectivity index (χ0) is 34.4. The predicted octanol–water partition coefficient (Wildman–Crippen LogP) is 3.41. The van der Waals surface area contributed by atoms with E-state index in [0.717, 1.165) is 33.6 Å². The lowest BCUT2D eigenvalue weighted by atomic mass is 10.0. The molecule has 47 heavy (non-hydrogen) atoms. The molecule has 246 valence electrons. The molecular weight excluding hydrogens is 674 g/mol. The number of fused-ring (bicyclic) bond motifs is 1. The summed E-state index contributed by atoms with van der Waals surface area (Å²) < 4.78 is 0.836. The number of rotatable bonds is 11. The van der Waals surface area contributed by atoms with E-state index in [0.29, 0.717) is 11.1 Å². The van der Waals surface area contributed by atoms with Gasteiger partial charge >= 0.3 is 0 Å². The molecule has 0 aliphatic carbocycles. The summed E-state index contributed by atoms with van der Waals surface area (Å²) in [5.74, 6) is -5.26. The van der Waals surface area contributed by atoms with Crippen LogP contribution in [0, 0.1) is 5.92 Å². The highest BCUT2D eigenvalue weighted by Gasteiger charge is 2.26.